The molecule has 0 radical (unpaired) electrons. The normalized spacial score (nSPS) is 27.0. The SMILES string of the molecule is CC1(NCC(F)(F)F)C=CC=C(N)N1. The van der Waals surface area contributed by atoms with E-state index < -0.39 is 18.4 Å². The zero-order chi connectivity index (χ0) is 10.8. The molecule has 1 aliphatic heterocycles. The Bertz CT molecular complexity index is 269. The standard InChI is InChI=1S/C8H12F3N3/c1-7(13-5-8(9,10)11)4-2-3-6(12)14-7/h2-4,13-14H,5,12H2,1H3. The first kappa shape index (κ1) is 10.9. The molecule has 0 saturated heterocycles. The number of hydrogen-bond acceptors (Lipinski definition) is 3. The summed E-state index contributed by atoms with van der Waals surface area (Å²) < 4.78 is 35.8. The summed E-state index contributed by atoms with van der Waals surface area (Å²) in [6.45, 7) is 0.517. The Morgan fingerprint density at radius 1 is 1.57 bits per heavy atom. The maximum absolute atomic E-state index is 11.9. The van der Waals surface area contributed by atoms with Gasteiger partial charge in [-0.3, -0.25) is 5.32 Å². The van der Waals surface area contributed by atoms with E-state index in [2.05, 4.69) is 10.6 Å². The van der Waals surface area contributed by atoms with E-state index in [-0.39, 0.29) is 0 Å². The summed E-state index contributed by atoms with van der Waals surface area (Å²) in [5, 5.41) is 5.03. The molecule has 0 amide bonds. The summed E-state index contributed by atoms with van der Waals surface area (Å²) in [4.78, 5) is 0. The maximum atomic E-state index is 11.9. The van der Waals surface area contributed by atoms with Gasteiger partial charge in [0.25, 0.3) is 0 Å². The van der Waals surface area contributed by atoms with E-state index in [9.17, 15) is 13.2 Å². The van der Waals surface area contributed by atoms with Crippen LogP contribution in [-0.2, 0) is 0 Å². The molecule has 0 aromatic carbocycles. The average molecular weight is 207 g/mol. The minimum Gasteiger partial charge on any atom is -0.385 e. The third-order valence-corrected chi connectivity index (χ3v) is 1.77. The van der Waals surface area contributed by atoms with E-state index in [1.165, 1.54) is 0 Å². The predicted octanol–water partition coefficient (Wildman–Crippen LogP) is 0.814. The topological polar surface area (TPSA) is 50.1 Å². The van der Waals surface area contributed by atoms with Crippen molar-refractivity contribution >= 4 is 0 Å². The van der Waals surface area contributed by atoms with Crippen LogP contribution in [0.4, 0.5) is 13.2 Å². The molecule has 14 heavy (non-hydrogen) atoms. The van der Waals surface area contributed by atoms with Crippen LogP contribution < -0.4 is 16.4 Å². The maximum Gasteiger partial charge on any atom is 0.401 e. The quantitative estimate of drug-likeness (QED) is 0.628. The highest BCUT2D eigenvalue weighted by molar-refractivity contribution is 5.21. The van der Waals surface area contributed by atoms with Gasteiger partial charge < -0.3 is 11.1 Å². The van der Waals surface area contributed by atoms with Crippen LogP contribution in [0, 0.1) is 0 Å². The molecule has 0 fully saturated rings. The van der Waals surface area contributed by atoms with Gasteiger partial charge >= 0.3 is 6.18 Å². The zero-order valence-corrected chi connectivity index (χ0v) is 7.65. The molecule has 0 aliphatic carbocycles. The fourth-order valence-corrected chi connectivity index (χ4v) is 1.11. The Hall–Kier alpha value is -1.17. The second kappa shape index (κ2) is 3.53. The van der Waals surface area contributed by atoms with Crippen LogP contribution in [0.15, 0.2) is 24.0 Å². The number of rotatable bonds is 2. The predicted molar refractivity (Wildman–Crippen MR) is 47.0 cm³/mol. The van der Waals surface area contributed by atoms with Gasteiger partial charge in [0, 0.05) is 0 Å². The van der Waals surface area contributed by atoms with Crippen molar-refractivity contribution in [3.63, 3.8) is 0 Å². The van der Waals surface area contributed by atoms with Crippen LogP contribution in [0.3, 0.4) is 0 Å². The number of halogens is 3. The van der Waals surface area contributed by atoms with Gasteiger partial charge in [-0.1, -0.05) is 6.08 Å². The van der Waals surface area contributed by atoms with Crippen molar-refractivity contribution in [1.82, 2.24) is 10.6 Å². The molecule has 1 aliphatic rings. The number of alkyl halides is 3. The van der Waals surface area contributed by atoms with Crippen LogP contribution in [0.2, 0.25) is 0 Å². The molecule has 3 nitrogen and oxygen atoms in total. The summed E-state index contributed by atoms with van der Waals surface area (Å²) in [5.74, 6) is 0.338. The lowest BCUT2D eigenvalue weighted by Crippen LogP contribution is -2.56. The fourth-order valence-electron chi connectivity index (χ4n) is 1.11. The van der Waals surface area contributed by atoms with Gasteiger partial charge in [0.15, 0.2) is 0 Å². The molecule has 0 aromatic heterocycles. The lowest BCUT2D eigenvalue weighted by molar-refractivity contribution is -0.128. The van der Waals surface area contributed by atoms with Crippen molar-refractivity contribution in [1.29, 1.82) is 0 Å². The molecule has 4 N–H and O–H groups in total. The number of nitrogens with one attached hydrogen (secondary N) is 2. The Labute approximate surface area is 79.8 Å². The first-order valence-corrected chi connectivity index (χ1v) is 4.06. The third-order valence-electron chi connectivity index (χ3n) is 1.77. The summed E-state index contributed by atoms with van der Waals surface area (Å²) >= 11 is 0. The van der Waals surface area contributed by atoms with Gasteiger partial charge in [-0.25, -0.2) is 0 Å². The van der Waals surface area contributed by atoms with E-state index in [4.69, 9.17) is 5.73 Å². The molecule has 0 spiro atoms. The fraction of sp³-hybridized carbons (Fsp3) is 0.500. The largest absolute Gasteiger partial charge is 0.401 e. The molecule has 0 aromatic rings. The summed E-state index contributed by atoms with van der Waals surface area (Å²) in [7, 11) is 0. The second-order valence-corrected chi connectivity index (χ2v) is 3.28. The molecule has 0 saturated carbocycles. The van der Waals surface area contributed by atoms with Crippen molar-refractivity contribution in [2.45, 2.75) is 18.8 Å². The van der Waals surface area contributed by atoms with Crippen molar-refractivity contribution in [2.24, 2.45) is 5.73 Å². The summed E-state index contributed by atoms with van der Waals surface area (Å²) in [6, 6.07) is 0. The third kappa shape index (κ3) is 3.29. The van der Waals surface area contributed by atoms with Crippen molar-refractivity contribution in [3.8, 4) is 0 Å². The van der Waals surface area contributed by atoms with Gasteiger partial charge in [0.1, 0.15) is 5.66 Å². The van der Waals surface area contributed by atoms with Gasteiger partial charge in [-0.15, -0.1) is 0 Å². The van der Waals surface area contributed by atoms with Crippen molar-refractivity contribution < 1.29 is 13.2 Å². The molecule has 1 heterocycles. The Morgan fingerprint density at radius 2 is 2.21 bits per heavy atom. The van der Waals surface area contributed by atoms with Gasteiger partial charge in [-0.2, -0.15) is 13.2 Å². The Kier molecular flexibility index (Phi) is 2.75. The van der Waals surface area contributed by atoms with Crippen LogP contribution in [0.1, 0.15) is 6.92 Å². The number of nitrogens with two attached hydrogens (primary N) is 1. The first-order valence-electron chi connectivity index (χ1n) is 4.06. The Balaban J connectivity index is 2.53. The van der Waals surface area contributed by atoms with Gasteiger partial charge in [-0.05, 0) is 19.1 Å². The molecule has 1 rings (SSSR count). The summed E-state index contributed by atoms with van der Waals surface area (Å²) in [6.07, 6.45) is 0.537. The van der Waals surface area contributed by atoms with Crippen LogP contribution in [-0.4, -0.2) is 18.4 Å². The van der Waals surface area contributed by atoms with E-state index >= 15 is 0 Å². The lowest BCUT2D eigenvalue weighted by atomic mass is 10.1. The molecule has 0 bridgehead atoms. The molecule has 6 heteroatoms. The van der Waals surface area contributed by atoms with E-state index in [1.807, 2.05) is 0 Å². The van der Waals surface area contributed by atoms with E-state index in [0.717, 1.165) is 0 Å². The smallest absolute Gasteiger partial charge is 0.385 e. The van der Waals surface area contributed by atoms with Crippen LogP contribution in [0.25, 0.3) is 0 Å². The molecule has 80 valence electrons. The number of dihydropyridines is 1. The second-order valence-electron chi connectivity index (χ2n) is 3.28. The minimum atomic E-state index is -4.23. The average Bonchev–Trinajstić information content (AvgIpc) is 1.99. The van der Waals surface area contributed by atoms with E-state index in [0.29, 0.717) is 5.82 Å². The lowest BCUT2D eigenvalue weighted by Gasteiger charge is -2.32. The molecular weight excluding hydrogens is 195 g/mol. The highest BCUT2D eigenvalue weighted by atomic mass is 19.4. The highest BCUT2D eigenvalue weighted by Gasteiger charge is 2.32. The van der Waals surface area contributed by atoms with E-state index in [1.54, 1.807) is 25.2 Å². The zero-order valence-electron chi connectivity index (χ0n) is 7.65. The van der Waals surface area contributed by atoms with Crippen LogP contribution >= 0.6 is 0 Å². The molecular formula is C8H12F3N3. The number of hydrogen-bond donors (Lipinski definition) is 3. The monoisotopic (exact) mass is 207 g/mol. The minimum absolute atomic E-state index is 0.338. The highest BCUT2D eigenvalue weighted by Crippen LogP contribution is 2.15. The molecule has 1 unspecified atom stereocenters. The number of allylic oxidation sites excluding steroid dienone is 2. The van der Waals surface area contributed by atoms with Crippen molar-refractivity contribution in [2.75, 3.05) is 6.54 Å². The molecule has 1 atom stereocenters. The van der Waals surface area contributed by atoms with Gasteiger partial charge in [0.05, 0.1) is 12.4 Å². The summed E-state index contributed by atoms with van der Waals surface area (Å²) in [5.41, 5.74) is 4.49. The van der Waals surface area contributed by atoms with Crippen molar-refractivity contribution in [3.05, 3.63) is 24.0 Å². The Morgan fingerprint density at radius 3 is 2.71 bits per heavy atom. The van der Waals surface area contributed by atoms with Gasteiger partial charge in [0.2, 0.25) is 0 Å². The van der Waals surface area contributed by atoms with Crippen LogP contribution in [0.5, 0.6) is 0 Å². The first-order chi connectivity index (χ1) is 6.31.